The van der Waals surface area contributed by atoms with E-state index in [1.54, 1.807) is 0 Å². The Bertz CT molecular complexity index is 4470. The molecule has 4 heterocycles. The summed E-state index contributed by atoms with van der Waals surface area (Å²) in [5, 5.41) is 13.0. The van der Waals surface area contributed by atoms with Crippen LogP contribution < -0.4 is 9.80 Å². The van der Waals surface area contributed by atoms with Gasteiger partial charge in [0.05, 0.1) is 11.4 Å². The van der Waals surface area contributed by atoms with Crippen LogP contribution in [0, 0.1) is 27.7 Å². The molecular formula is C66H44N2O4. The molecular weight excluding hydrogens is 885 g/mol. The molecule has 0 amide bonds. The number of hydrogen-bond donors (Lipinski definition) is 0. The summed E-state index contributed by atoms with van der Waals surface area (Å²) in [5.74, 6) is 0. The second kappa shape index (κ2) is 15.1. The van der Waals surface area contributed by atoms with Crippen LogP contribution in [0.15, 0.2) is 212 Å². The fourth-order valence-electron chi connectivity index (χ4n) is 11.5. The number of furan rings is 4. The molecule has 342 valence electrons. The number of benzene rings is 11. The molecule has 6 nitrogen and oxygen atoms in total. The Labute approximate surface area is 413 Å². The van der Waals surface area contributed by atoms with Gasteiger partial charge in [0.1, 0.15) is 33.5 Å². The van der Waals surface area contributed by atoms with Crippen LogP contribution in [0.25, 0.3) is 109 Å². The molecule has 0 aliphatic rings. The Balaban J connectivity index is 0.849. The lowest BCUT2D eigenvalue weighted by Crippen LogP contribution is -2.13. The maximum Gasteiger partial charge on any atom is 0.159 e. The molecule has 0 saturated heterocycles. The Morgan fingerprint density at radius 3 is 1.12 bits per heavy atom. The first-order valence-corrected chi connectivity index (χ1v) is 24.5. The van der Waals surface area contributed by atoms with Gasteiger partial charge in [-0.05, 0) is 156 Å². The van der Waals surface area contributed by atoms with Crippen molar-refractivity contribution in [2.45, 2.75) is 27.7 Å². The molecule has 72 heavy (non-hydrogen) atoms. The van der Waals surface area contributed by atoms with Crippen LogP contribution in [-0.4, -0.2) is 0 Å². The normalized spacial score (nSPS) is 12.2. The first-order chi connectivity index (χ1) is 35.3. The first kappa shape index (κ1) is 40.6. The highest BCUT2D eigenvalue weighted by molar-refractivity contribution is 6.19. The Kier molecular flexibility index (Phi) is 8.53. The van der Waals surface area contributed by atoms with Crippen molar-refractivity contribution in [3.63, 3.8) is 0 Å². The van der Waals surface area contributed by atoms with Crippen molar-refractivity contribution < 1.29 is 17.7 Å². The maximum atomic E-state index is 6.79. The zero-order valence-electron chi connectivity index (χ0n) is 40.0. The van der Waals surface area contributed by atoms with Crippen LogP contribution in [0.3, 0.4) is 0 Å². The van der Waals surface area contributed by atoms with Crippen LogP contribution >= 0.6 is 0 Å². The van der Waals surface area contributed by atoms with E-state index in [4.69, 9.17) is 17.7 Å². The maximum absolute atomic E-state index is 6.79. The number of rotatable bonds is 6. The van der Waals surface area contributed by atoms with E-state index < -0.39 is 0 Å². The molecule has 0 aliphatic carbocycles. The molecule has 0 spiro atoms. The summed E-state index contributed by atoms with van der Waals surface area (Å²) in [4.78, 5) is 4.71. The van der Waals surface area contributed by atoms with Gasteiger partial charge in [0.2, 0.25) is 0 Å². The molecule has 0 unspecified atom stereocenters. The molecule has 11 aromatic carbocycles. The highest BCUT2D eigenvalue weighted by Crippen LogP contribution is 2.48. The monoisotopic (exact) mass is 928 g/mol. The molecule has 0 aliphatic heterocycles. The standard InChI is InChI=1S/C66H44N2O4/c1-37-13-5-9-17-55(37)67(63-39(3)21-27-49-47-15-7-11-19-57(47)71-65(49)63)45-25-23-41-31-51-53-35-62-54(36-61(53)69-59(51)33-43(41)29-45)52-32-42-24-26-46(30-44(42)34-60(52)70-62)68(56-18-10-6-14-38(56)2)64-40(4)22-28-50-48-16-8-12-20-58(48)72-66(50)64/h5-36H,1-4H3. The van der Waals surface area contributed by atoms with Crippen molar-refractivity contribution in [3.05, 3.63) is 216 Å². The van der Waals surface area contributed by atoms with E-state index in [0.717, 1.165) is 155 Å². The third kappa shape index (κ3) is 5.96. The van der Waals surface area contributed by atoms with Gasteiger partial charge in [0, 0.05) is 65.8 Å². The van der Waals surface area contributed by atoms with Gasteiger partial charge in [-0.1, -0.05) is 109 Å². The van der Waals surface area contributed by atoms with Gasteiger partial charge >= 0.3 is 0 Å². The third-order valence-corrected chi connectivity index (χ3v) is 15.1. The summed E-state index contributed by atoms with van der Waals surface area (Å²) in [5.41, 5.74) is 17.7. The van der Waals surface area contributed by atoms with Gasteiger partial charge in [-0.25, -0.2) is 0 Å². The minimum atomic E-state index is 0.823. The van der Waals surface area contributed by atoms with Gasteiger partial charge in [0.15, 0.2) is 11.2 Å². The lowest BCUT2D eigenvalue weighted by molar-refractivity contribution is 0.664. The van der Waals surface area contributed by atoms with Crippen molar-refractivity contribution in [1.82, 2.24) is 0 Å². The summed E-state index contributed by atoms with van der Waals surface area (Å²) >= 11 is 0. The summed E-state index contributed by atoms with van der Waals surface area (Å²) < 4.78 is 26.9. The summed E-state index contributed by atoms with van der Waals surface area (Å²) in [6.07, 6.45) is 0. The first-order valence-electron chi connectivity index (χ1n) is 24.5. The van der Waals surface area contributed by atoms with E-state index in [1.165, 1.54) is 11.1 Å². The molecule has 0 atom stereocenters. The highest BCUT2D eigenvalue weighted by atomic mass is 16.3. The van der Waals surface area contributed by atoms with Crippen LogP contribution in [0.4, 0.5) is 34.1 Å². The minimum Gasteiger partial charge on any atom is -0.456 e. The van der Waals surface area contributed by atoms with Crippen molar-refractivity contribution in [3.8, 4) is 0 Å². The summed E-state index contributed by atoms with van der Waals surface area (Å²) in [7, 11) is 0. The van der Waals surface area contributed by atoms with Gasteiger partial charge in [0.25, 0.3) is 0 Å². The second-order valence-electron chi connectivity index (χ2n) is 19.5. The number of anilines is 6. The Morgan fingerprint density at radius 1 is 0.264 bits per heavy atom. The lowest BCUT2D eigenvalue weighted by atomic mass is 10.0. The van der Waals surface area contributed by atoms with Crippen molar-refractivity contribution in [2.75, 3.05) is 9.80 Å². The van der Waals surface area contributed by atoms with Crippen LogP contribution in [-0.2, 0) is 0 Å². The van der Waals surface area contributed by atoms with Crippen LogP contribution in [0.2, 0.25) is 0 Å². The van der Waals surface area contributed by atoms with E-state index in [9.17, 15) is 0 Å². The predicted octanol–water partition coefficient (Wildman–Crippen LogP) is 19.8. The molecule has 0 saturated carbocycles. The summed E-state index contributed by atoms with van der Waals surface area (Å²) in [6.45, 7) is 8.66. The SMILES string of the molecule is Cc1ccccc1N(c1ccc2cc3c(cc2c1)oc1cc2c(cc13)oc1cc3cc(N(c4ccccc4C)c4c(C)ccc5c4oc4ccccc45)ccc3cc12)c1c(C)ccc2c1oc1ccccc12. The van der Waals surface area contributed by atoms with Crippen LogP contribution in [0.5, 0.6) is 0 Å². The molecule has 6 heteroatoms. The van der Waals surface area contributed by atoms with E-state index in [2.05, 4.69) is 207 Å². The van der Waals surface area contributed by atoms with E-state index in [-0.39, 0.29) is 0 Å². The number of aryl methyl sites for hydroxylation is 4. The molecule has 15 aromatic rings. The van der Waals surface area contributed by atoms with E-state index in [0.29, 0.717) is 0 Å². The molecule has 0 N–H and O–H groups in total. The number of nitrogens with zero attached hydrogens (tertiary/aromatic N) is 2. The average Bonchev–Trinajstić information content (AvgIpc) is 4.16. The zero-order valence-corrected chi connectivity index (χ0v) is 40.0. The minimum absolute atomic E-state index is 0.823. The quantitative estimate of drug-likeness (QED) is 0.166. The molecule has 0 radical (unpaired) electrons. The van der Waals surface area contributed by atoms with Gasteiger partial charge in [-0.2, -0.15) is 0 Å². The molecule has 0 fully saturated rings. The van der Waals surface area contributed by atoms with Gasteiger partial charge < -0.3 is 27.5 Å². The fourth-order valence-corrected chi connectivity index (χ4v) is 11.5. The van der Waals surface area contributed by atoms with Crippen molar-refractivity contribution in [2.24, 2.45) is 0 Å². The zero-order chi connectivity index (χ0) is 47.9. The van der Waals surface area contributed by atoms with Crippen LogP contribution in [0.1, 0.15) is 22.3 Å². The largest absolute Gasteiger partial charge is 0.456 e. The predicted molar refractivity (Wildman–Crippen MR) is 299 cm³/mol. The lowest BCUT2D eigenvalue weighted by Gasteiger charge is -2.28. The van der Waals surface area contributed by atoms with E-state index >= 15 is 0 Å². The average molecular weight is 929 g/mol. The topological polar surface area (TPSA) is 59.0 Å². The Morgan fingerprint density at radius 2 is 0.667 bits per heavy atom. The van der Waals surface area contributed by atoms with Crippen molar-refractivity contribution >= 4 is 143 Å². The molecule has 4 aromatic heterocycles. The second-order valence-corrected chi connectivity index (χ2v) is 19.5. The number of fused-ring (bicyclic) bond motifs is 14. The highest BCUT2D eigenvalue weighted by Gasteiger charge is 2.26. The molecule has 0 bridgehead atoms. The van der Waals surface area contributed by atoms with E-state index in [1.807, 2.05) is 24.3 Å². The van der Waals surface area contributed by atoms with Gasteiger partial charge in [-0.3, -0.25) is 0 Å². The molecule has 15 rings (SSSR count). The fraction of sp³-hybridized carbons (Fsp3) is 0.0606. The smallest absolute Gasteiger partial charge is 0.159 e. The van der Waals surface area contributed by atoms with Gasteiger partial charge in [-0.15, -0.1) is 0 Å². The number of hydrogen-bond acceptors (Lipinski definition) is 6. The number of para-hydroxylation sites is 4. The summed E-state index contributed by atoms with van der Waals surface area (Å²) in [6, 6.07) is 69.0. The Hall–Kier alpha value is -9.26. The van der Waals surface area contributed by atoms with Crippen molar-refractivity contribution in [1.29, 1.82) is 0 Å². The third-order valence-electron chi connectivity index (χ3n) is 15.1.